The molecule has 0 saturated carbocycles. The number of hydrogen-bond donors (Lipinski definition) is 2. The molecular weight excluding hydrogens is 442 g/mol. The highest BCUT2D eigenvalue weighted by Gasteiger charge is 2.29. The van der Waals surface area contributed by atoms with E-state index in [2.05, 4.69) is 0 Å². The van der Waals surface area contributed by atoms with E-state index in [-0.39, 0.29) is 40.5 Å². The highest BCUT2D eigenvalue weighted by Crippen LogP contribution is 2.41. The number of hydrogen-bond acceptors (Lipinski definition) is 7. The van der Waals surface area contributed by atoms with Crippen LogP contribution < -0.4 is 15.4 Å². The number of nitrogens with two attached hydrogens (primary N) is 1. The van der Waals surface area contributed by atoms with Crippen molar-refractivity contribution in [3.8, 4) is 40.0 Å². The Labute approximate surface area is 196 Å². The lowest BCUT2D eigenvalue weighted by Gasteiger charge is -2.37. The molecule has 1 fully saturated rings. The van der Waals surface area contributed by atoms with E-state index in [4.69, 9.17) is 25.5 Å². The van der Waals surface area contributed by atoms with Crippen LogP contribution in [-0.2, 0) is 4.74 Å². The molecule has 4 rings (SSSR count). The molecule has 176 valence electrons. The Morgan fingerprint density at radius 2 is 1.85 bits per heavy atom. The molecule has 2 aromatic carbocycles. The van der Waals surface area contributed by atoms with Crippen LogP contribution in [0.1, 0.15) is 12.0 Å². The number of aromatic nitrogens is 1. The Morgan fingerprint density at radius 3 is 2.50 bits per heavy atom. The lowest BCUT2D eigenvalue weighted by molar-refractivity contribution is 0.0728. The summed E-state index contributed by atoms with van der Waals surface area (Å²) in [6.45, 7) is 1.05. The molecule has 0 radical (unpaired) electrons. The van der Waals surface area contributed by atoms with E-state index in [1.165, 1.54) is 37.4 Å². The van der Waals surface area contributed by atoms with Gasteiger partial charge in [0.2, 0.25) is 0 Å². The summed E-state index contributed by atoms with van der Waals surface area (Å²) in [5.41, 5.74) is 7.15. The Morgan fingerprint density at radius 1 is 1.12 bits per heavy atom. The first-order valence-corrected chi connectivity index (χ1v) is 10.7. The van der Waals surface area contributed by atoms with Crippen LogP contribution in [0.15, 0.2) is 42.5 Å². The van der Waals surface area contributed by atoms with Gasteiger partial charge in [-0.05, 0) is 36.2 Å². The van der Waals surface area contributed by atoms with E-state index in [0.717, 1.165) is 0 Å². The van der Waals surface area contributed by atoms with E-state index in [0.29, 0.717) is 36.5 Å². The van der Waals surface area contributed by atoms with E-state index in [1.807, 2.05) is 4.90 Å². The smallest absolute Gasteiger partial charge is 0.165 e. The number of halogens is 2. The van der Waals surface area contributed by atoms with Crippen LogP contribution in [0.25, 0.3) is 22.4 Å². The zero-order chi connectivity index (χ0) is 24.4. The molecule has 1 aromatic heterocycles. The number of ether oxygens (including phenoxy) is 2. The van der Waals surface area contributed by atoms with Gasteiger partial charge in [-0.1, -0.05) is 12.1 Å². The normalized spacial score (nSPS) is 17.9. The highest BCUT2D eigenvalue weighted by atomic mass is 19.1. The molecule has 9 heteroatoms. The lowest BCUT2D eigenvalue weighted by Crippen LogP contribution is -2.51. The van der Waals surface area contributed by atoms with Crippen LogP contribution in [0, 0.1) is 23.0 Å². The van der Waals surface area contributed by atoms with Gasteiger partial charge in [0, 0.05) is 37.9 Å². The fraction of sp³-hybridized carbons (Fsp3) is 0.280. The first-order chi connectivity index (χ1) is 16.4. The summed E-state index contributed by atoms with van der Waals surface area (Å²) in [5, 5.41) is 20.2. The van der Waals surface area contributed by atoms with Gasteiger partial charge in [-0.15, -0.1) is 0 Å². The Kier molecular flexibility index (Phi) is 6.63. The number of nitriles is 1. The van der Waals surface area contributed by atoms with Crippen LogP contribution in [0.2, 0.25) is 0 Å². The first-order valence-electron chi connectivity index (χ1n) is 10.7. The van der Waals surface area contributed by atoms with Gasteiger partial charge >= 0.3 is 0 Å². The molecule has 2 heterocycles. The monoisotopic (exact) mass is 466 g/mol. The number of benzene rings is 2. The minimum Gasteiger partial charge on any atom is -0.507 e. The second-order valence-electron chi connectivity index (χ2n) is 8.05. The topological polar surface area (TPSA) is 105 Å². The van der Waals surface area contributed by atoms with Gasteiger partial charge < -0.3 is 25.2 Å². The summed E-state index contributed by atoms with van der Waals surface area (Å²) < 4.78 is 39.5. The zero-order valence-corrected chi connectivity index (χ0v) is 18.8. The molecule has 3 N–H and O–H groups in total. The molecular formula is C25H24F2N4O3. The summed E-state index contributed by atoms with van der Waals surface area (Å²) in [4.78, 5) is 6.66. The Bertz CT molecular complexity index is 1260. The summed E-state index contributed by atoms with van der Waals surface area (Å²) in [7, 11) is 2.94. The molecule has 3 aromatic rings. The number of methoxy groups -OCH3 is 2. The van der Waals surface area contributed by atoms with E-state index in [1.54, 1.807) is 25.3 Å². The van der Waals surface area contributed by atoms with Gasteiger partial charge in [-0.2, -0.15) is 5.26 Å². The number of anilines is 1. The maximum atomic E-state index is 14.5. The predicted octanol–water partition coefficient (Wildman–Crippen LogP) is 3.83. The number of rotatable bonds is 5. The van der Waals surface area contributed by atoms with Crippen molar-refractivity contribution < 1.29 is 23.4 Å². The third-order valence-electron chi connectivity index (χ3n) is 6.03. The molecule has 1 saturated heterocycles. The maximum absolute atomic E-state index is 14.5. The van der Waals surface area contributed by atoms with Crippen molar-refractivity contribution in [1.82, 2.24) is 4.98 Å². The van der Waals surface area contributed by atoms with E-state index >= 15 is 0 Å². The molecule has 2 atom stereocenters. The molecule has 7 nitrogen and oxygen atoms in total. The number of aromatic hydroxyl groups is 1. The average Bonchev–Trinajstić information content (AvgIpc) is 2.83. The minimum absolute atomic E-state index is 0.0500. The largest absolute Gasteiger partial charge is 0.507 e. The summed E-state index contributed by atoms with van der Waals surface area (Å²) in [5.74, 6) is -0.994. The predicted molar refractivity (Wildman–Crippen MR) is 124 cm³/mol. The first kappa shape index (κ1) is 23.4. The fourth-order valence-electron chi connectivity index (χ4n) is 4.14. The minimum atomic E-state index is -0.720. The van der Waals surface area contributed by atoms with Crippen LogP contribution in [0.5, 0.6) is 11.5 Å². The van der Waals surface area contributed by atoms with Gasteiger partial charge in [-0.3, -0.25) is 0 Å². The molecule has 0 bridgehead atoms. The van der Waals surface area contributed by atoms with Crippen LogP contribution in [-0.4, -0.2) is 49.5 Å². The SMILES string of the molecule is COc1ccc(-c2c(O)cc(N3CC[C@@H](N)C(OC)C3)nc2-c2ccc(C#N)c(F)c2)cc1F. The van der Waals surface area contributed by atoms with Gasteiger partial charge in [0.1, 0.15) is 23.5 Å². The lowest BCUT2D eigenvalue weighted by atomic mass is 9.96. The van der Waals surface area contributed by atoms with Gasteiger partial charge in [-0.25, -0.2) is 13.8 Å². The third kappa shape index (κ3) is 4.38. The van der Waals surface area contributed by atoms with E-state index in [9.17, 15) is 13.9 Å². The average molecular weight is 466 g/mol. The summed E-state index contributed by atoms with van der Waals surface area (Å²) >= 11 is 0. The molecule has 1 aliphatic heterocycles. The Hall–Kier alpha value is -3.74. The third-order valence-corrected chi connectivity index (χ3v) is 6.03. The van der Waals surface area contributed by atoms with Gasteiger partial charge in [0.05, 0.1) is 30.0 Å². The zero-order valence-electron chi connectivity index (χ0n) is 18.8. The van der Waals surface area contributed by atoms with Gasteiger partial charge in [0.15, 0.2) is 11.6 Å². The summed E-state index contributed by atoms with van der Waals surface area (Å²) in [6.07, 6.45) is 0.441. The maximum Gasteiger partial charge on any atom is 0.165 e. The number of pyridine rings is 1. The fourth-order valence-corrected chi connectivity index (χ4v) is 4.14. The standard InChI is InChI=1S/C25H24F2N4O3/c1-33-21-6-5-14(9-18(21)27)24-20(32)11-23(31-8-7-19(29)22(13-31)34-2)30-25(24)15-3-4-16(12-28)17(26)10-15/h3-6,9-11,19,22H,7-8,13,29H2,1-2H3,(H,30,32)/t19-,22?/m1/s1. The second-order valence-corrected chi connectivity index (χ2v) is 8.05. The molecule has 1 unspecified atom stereocenters. The quantitative estimate of drug-likeness (QED) is 0.589. The van der Waals surface area contributed by atoms with Crippen molar-refractivity contribution >= 4 is 5.82 Å². The Balaban J connectivity index is 1.88. The molecule has 34 heavy (non-hydrogen) atoms. The van der Waals surface area contributed by atoms with Crippen LogP contribution >= 0.6 is 0 Å². The molecule has 1 aliphatic rings. The molecule has 0 spiro atoms. The van der Waals surface area contributed by atoms with Crippen molar-refractivity contribution in [2.45, 2.75) is 18.6 Å². The highest BCUT2D eigenvalue weighted by molar-refractivity contribution is 5.87. The number of piperidine rings is 1. The van der Waals surface area contributed by atoms with Crippen LogP contribution in [0.4, 0.5) is 14.6 Å². The second kappa shape index (κ2) is 9.63. The molecule has 0 amide bonds. The number of nitrogens with zero attached hydrogens (tertiary/aromatic N) is 3. The van der Waals surface area contributed by atoms with Crippen molar-refractivity contribution in [1.29, 1.82) is 5.26 Å². The van der Waals surface area contributed by atoms with Crippen molar-refractivity contribution in [3.63, 3.8) is 0 Å². The van der Waals surface area contributed by atoms with E-state index < -0.39 is 11.6 Å². The van der Waals surface area contributed by atoms with Gasteiger partial charge in [0.25, 0.3) is 0 Å². The van der Waals surface area contributed by atoms with Crippen molar-refractivity contribution in [3.05, 3.63) is 59.7 Å². The van der Waals surface area contributed by atoms with Crippen LogP contribution in [0.3, 0.4) is 0 Å². The van der Waals surface area contributed by atoms with Crippen molar-refractivity contribution in [2.75, 3.05) is 32.2 Å². The summed E-state index contributed by atoms with van der Waals surface area (Å²) in [6, 6.07) is 11.5. The van der Waals surface area contributed by atoms with Crippen molar-refractivity contribution in [2.24, 2.45) is 5.73 Å². The molecule has 0 aliphatic carbocycles.